The summed E-state index contributed by atoms with van der Waals surface area (Å²) in [6, 6.07) is 15.8. The number of carbonyl (C=O) groups is 1. The van der Waals surface area contributed by atoms with Gasteiger partial charge in [-0.3, -0.25) is 4.79 Å². The first kappa shape index (κ1) is 17.2. The summed E-state index contributed by atoms with van der Waals surface area (Å²) in [6.45, 7) is 4.16. The highest BCUT2D eigenvalue weighted by molar-refractivity contribution is 8.01. The van der Waals surface area contributed by atoms with Crippen molar-refractivity contribution < 1.29 is 14.3 Å². The molecule has 0 aliphatic carbocycles. The van der Waals surface area contributed by atoms with Crippen molar-refractivity contribution in [3.05, 3.63) is 65.4 Å². The number of para-hydroxylation sites is 1. The fourth-order valence-electron chi connectivity index (χ4n) is 3.60. The summed E-state index contributed by atoms with van der Waals surface area (Å²) >= 11 is 1.62. The Morgan fingerprint density at radius 1 is 1.14 bits per heavy atom. The molecule has 3 heterocycles. The van der Waals surface area contributed by atoms with Crippen molar-refractivity contribution in [2.24, 2.45) is 0 Å². The Kier molecular flexibility index (Phi) is 4.05. The molecule has 0 saturated heterocycles. The van der Waals surface area contributed by atoms with Gasteiger partial charge in [0.15, 0.2) is 11.5 Å². The number of nitrogens with zero attached hydrogens (tertiary/aromatic N) is 2. The van der Waals surface area contributed by atoms with Gasteiger partial charge in [0.1, 0.15) is 5.82 Å². The summed E-state index contributed by atoms with van der Waals surface area (Å²) in [4.78, 5) is 12.7. The third-order valence-electron chi connectivity index (χ3n) is 5.02. The van der Waals surface area contributed by atoms with Crippen LogP contribution in [0, 0.1) is 6.92 Å². The molecule has 7 heteroatoms. The molecule has 28 heavy (non-hydrogen) atoms. The van der Waals surface area contributed by atoms with E-state index in [1.54, 1.807) is 11.8 Å². The van der Waals surface area contributed by atoms with Crippen LogP contribution in [0.1, 0.15) is 29.0 Å². The Hall–Kier alpha value is -2.93. The van der Waals surface area contributed by atoms with Crippen LogP contribution in [0.5, 0.6) is 11.5 Å². The van der Waals surface area contributed by atoms with E-state index in [1.165, 1.54) is 0 Å². The van der Waals surface area contributed by atoms with Crippen molar-refractivity contribution in [3.8, 4) is 17.2 Å². The van der Waals surface area contributed by atoms with Crippen LogP contribution in [0.25, 0.3) is 5.69 Å². The monoisotopic (exact) mass is 393 g/mol. The SMILES string of the molecule is Cc1nn(-c2ccccc2)c2c1C(c1ccc3c(c1)OCO3)SC(C)C(=O)N2. The van der Waals surface area contributed by atoms with E-state index < -0.39 is 0 Å². The van der Waals surface area contributed by atoms with E-state index in [0.29, 0.717) is 0 Å². The van der Waals surface area contributed by atoms with E-state index in [2.05, 4.69) is 5.32 Å². The quantitative estimate of drug-likeness (QED) is 0.711. The van der Waals surface area contributed by atoms with Crippen LogP contribution < -0.4 is 14.8 Å². The number of hydrogen-bond acceptors (Lipinski definition) is 5. The fraction of sp³-hybridized carbons (Fsp3) is 0.238. The summed E-state index contributed by atoms with van der Waals surface area (Å²) in [6.07, 6.45) is 0. The van der Waals surface area contributed by atoms with Crippen molar-refractivity contribution in [1.29, 1.82) is 0 Å². The molecule has 0 saturated carbocycles. The van der Waals surface area contributed by atoms with Crippen LogP contribution in [0.4, 0.5) is 5.82 Å². The Morgan fingerprint density at radius 3 is 2.75 bits per heavy atom. The van der Waals surface area contributed by atoms with E-state index in [1.807, 2.05) is 67.1 Å². The molecule has 5 rings (SSSR count). The van der Waals surface area contributed by atoms with Crippen molar-refractivity contribution in [2.45, 2.75) is 24.3 Å². The first-order valence-corrected chi connectivity index (χ1v) is 10.1. The maximum absolute atomic E-state index is 12.7. The molecule has 2 aliphatic heterocycles. The number of rotatable bonds is 2. The molecule has 1 N–H and O–H groups in total. The first-order valence-electron chi connectivity index (χ1n) is 9.12. The number of aromatic nitrogens is 2. The number of fused-ring (bicyclic) bond motifs is 2. The molecule has 3 aromatic rings. The number of ether oxygens (including phenoxy) is 2. The minimum absolute atomic E-state index is 0.0217. The lowest BCUT2D eigenvalue weighted by atomic mass is 10.0. The highest BCUT2D eigenvalue weighted by Gasteiger charge is 2.34. The van der Waals surface area contributed by atoms with Gasteiger partial charge in [0.05, 0.1) is 21.9 Å². The van der Waals surface area contributed by atoms with Crippen LogP contribution in [-0.4, -0.2) is 27.7 Å². The maximum atomic E-state index is 12.7. The molecule has 2 atom stereocenters. The zero-order valence-electron chi connectivity index (χ0n) is 15.5. The van der Waals surface area contributed by atoms with Crippen molar-refractivity contribution in [1.82, 2.24) is 9.78 Å². The molecule has 6 nitrogen and oxygen atoms in total. The summed E-state index contributed by atoms with van der Waals surface area (Å²) in [5.41, 5.74) is 3.89. The molecule has 1 aromatic heterocycles. The molecule has 2 aromatic carbocycles. The van der Waals surface area contributed by atoms with E-state index in [4.69, 9.17) is 14.6 Å². The minimum atomic E-state index is -0.202. The third kappa shape index (κ3) is 2.74. The van der Waals surface area contributed by atoms with E-state index in [-0.39, 0.29) is 23.2 Å². The van der Waals surface area contributed by atoms with Crippen LogP contribution in [0.2, 0.25) is 0 Å². The van der Waals surface area contributed by atoms with E-state index in [9.17, 15) is 4.79 Å². The molecule has 0 radical (unpaired) electrons. The highest BCUT2D eigenvalue weighted by Crippen LogP contribution is 2.48. The number of aryl methyl sites for hydroxylation is 1. The van der Waals surface area contributed by atoms with Gasteiger partial charge in [0.2, 0.25) is 12.7 Å². The van der Waals surface area contributed by atoms with Gasteiger partial charge >= 0.3 is 0 Å². The lowest BCUT2D eigenvalue weighted by molar-refractivity contribution is -0.115. The molecule has 0 fully saturated rings. The van der Waals surface area contributed by atoms with Crippen molar-refractivity contribution in [3.63, 3.8) is 0 Å². The number of amides is 1. The second-order valence-electron chi connectivity index (χ2n) is 6.86. The van der Waals surface area contributed by atoms with E-state index in [0.717, 1.165) is 39.8 Å². The standard InChI is InChI=1S/C21H19N3O3S/c1-12-18-19(14-8-9-16-17(10-14)27-11-26-16)28-13(2)21(25)22-20(18)24(23-12)15-6-4-3-5-7-15/h3-10,13,19H,11H2,1-2H3,(H,22,25). The maximum Gasteiger partial charge on any atom is 0.238 e. The molecule has 1 amide bonds. The topological polar surface area (TPSA) is 65.4 Å². The molecular formula is C21H19N3O3S. The van der Waals surface area contributed by atoms with Crippen molar-refractivity contribution >= 4 is 23.5 Å². The van der Waals surface area contributed by atoms with Gasteiger partial charge in [-0.25, -0.2) is 4.68 Å². The van der Waals surface area contributed by atoms with Gasteiger partial charge in [-0.1, -0.05) is 24.3 Å². The van der Waals surface area contributed by atoms with Crippen LogP contribution in [0.3, 0.4) is 0 Å². The Bertz CT molecular complexity index is 1060. The normalized spacial score (nSPS) is 20.4. The number of thioether (sulfide) groups is 1. The first-order chi connectivity index (χ1) is 13.6. The van der Waals surface area contributed by atoms with E-state index >= 15 is 0 Å². The Morgan fingerprint density at radius 2 is 1.93 bits per heavy atom. The molecule has 142 valence electrons. The summed E-state index contributed by atoms with van der Waals surface area (Å²) in [5, 5.41) is 7.59. The predicted molar refractivity (Wildman–Crippen MR) is 108 cm³/mol. The van der Waals surface area contributed by atoms with Crippen LogP contribution >= 0.6 is 11.8 Å². The molecule has 2 unspecified atom stereocenters. The number of hydrogen-bond donors (Lipinski definition) is 1. The zero-order chi connectivity index (χ0) is 19.3. The molecule has 2 aliphatic rings. The highest BCUT2D eigenvalue weighted by atomic mass is 32.2. The van der Waals surface area contributed by atoms with Gasteiger partial charge < -0.3 is 14.8 Å². The lowest BCUT2D eigenvalue weighted by Gasteiger charge is -2.17. The largest absolute Gasteiger partial charge is 0.454 e. The lowest BCUT2D eigenvalue weighted by Crippen LogP contribution is -2.22. The molecule has 0 spiro atoms. The average molecular weight is 393 g/mol. The van der Waals surface area contributed by atoms with Gasteiger partial charge in [-0.2, -0.15) is 5.10 Å². The third-order valence-corrected chi connectivity index (χ3v) is 6.42. The number of carbonyl (C=O) groups excluding carboxylic acids is 1. The van der Waals surface area contributed by atoms with Crippen LogP contribution in [-0.2, 0) is 4.79 Å². The summed E-state index contributed by atoms with van der Waals surface area (Å²) in [5.74, 6) is 2.20. The number of nitrogens with one attached hydrogen (secondary N) is 1. The second kappa shape index (κ2) is 6.60. The Labute approximate surface area is 166 Å². The van der Waals surface area contributed by atoms with Gasteiger partial charge in [0, 0.05) is 5.56 Å². The second-order valence-corrected chi connectivity index (χ2v) is 8.31. The molecule has 0 bridgehead atoms. The van der Waals surface area contributed by atoms with Gasteiger partial charge in [-0.05, 0) is 43.7 Å². The Balaban J connectivity index is 1.68. The predicted octanol–water partition coefficient (Wildman–Crippen LogP) is 4.07. The summed E-state index contributed by atoms with van der Waals surface area (Å²) < 4.78 is 12.8. The fourth-order valence-corrected chi connectivity index (χ4v) is 4.92. The van der Waals surface area contributed by atoms with Crippen LogP contribution in [0.15, 0.2) is 48.5 Å². The number of benzene rings is 2. The van der Waals surface area contributed by atoms with Gasteiger partial charge in [0.25, 0.3) is 0 Å². The smallest absolute Gasteiger partial charge is 0.238 e. The zero-order valence-corrected chi connectivity index (χ0v) is 16.3. The number of anilines is 1. The molecular weight excluding hydrogens is 374 g/mol. The average Bonchev–Trinajstić information content (AvgIpc) is 3.27. The summed E-state index contributed by atoms with van der Waals surface area (Å²) in [7, 11) is 0. The van der Waals surface area contributed by atoms with Crippen molar-refractivity contribution in [2.75, 3.05) is 12.1 Å². The minimum Gasteiger partial charge on any atom is -0.454 e. The van der Waals surface area contributed by atoms with Gasteiger partial charge in [-0.15, -0.1) is 11.8 Å².